The lowest BCUT2D eigenvalue weighted by atomic mass is 9.77. The second-order valence-corrected chi connectivity index (χ2v) is 13.4. The third-order valence-electron chi connectivity index (χ3n) is 9.95. The lowest BCUT2D eigenvalue weighted by molar-refractivity contribution is -0.115. The Labute approximate surface area is 319 Å². The topological polar surface area (TPSA) is 215 Å². The van der Waals surface area contributed by atoms with Crippen molar-refractivity contribution in [1.29, 1.82) is 0 Å². The highest BCUT2D eigenvalue weighted by Crippen LogP contribution is 2.56. The Kier molecular flexibility index (Phi) is 7.90. The predicted molar refractivity (Wildman–Crippen MR) is 211 cm³/mol. The van der Waals surface area contributed by atoms with Crippen molar-refractivity contribution in [2.45, 2.75) is 19.1 Å². The number of ether oxygens (including phenoxy) is 2. The van der Waals surface area contributed by atoms with Crippen LogP contribution in [0.25, 0.3) is 33.8 Å². The van der Waals surface area contributed by atoms with E-state index in [4.69, 9.17) is 36.6 Å². The molecule has 0 aliphatic carbocycles. The first-order valence-electron chi connectivity index (χ1n) is 17.8. The highest BCUT2D eigenvalue weighted by atomic mass is 16.6. The highest BCUT2D eigenvalue weighted by molar-refractivity contribution is 6.03. The van der Waals surface area contributed by atoms with Crippen molar-refractivity contribution in [3.05, 3.63) is 137 Å². The smallest absolute Gasteiger partial charge is 0.340 e. The molecule has 4 heterocycles. The molecule has 2 amide bonds. The molecule has 276 valence electrons. The van der Waals surface area contributed by atoms with Crippen molar-refractivity contribution in [1.82, 2.24) is 24.8 Å². The summed E-state index contributed by atoms with van der Waals surface area (Å²) >= 11 is 0. The number of imidazole rings is 1. The summed E-state index contributed by atoms with van der Waals surface area (Å²) in [5.41, 5.74) is 24.0. The summed E-state index contributed by atoms with van der Waals surface area (Å²) in [6.07, 6.45) is 1.57. The monoisotopic (exact) mass is 743 g/mol. The van der Waals surface area contributed by atoms with Gasteiger partial charge >= 0.3 is 5.97 Å². The SMILES string of the molecule is CCn1c(-c2nc(-c3cccc(NC(=O)CNC(=O)c4ccc5c(c4)C(=O)OC54c5ccc(N)cc5Oc5cc(N)ccc54)c3)cnc2N)nc2ccccc21. The van der Waals surface area contributed by atoms with Crippen molar-refractivity contribution in [2.24, 2.45) is 0 Å². The molecule has 0 atom stereocenters. The van der Waals surface area contributed by atoms with Gasteiger partial charge in [-0.15, -0.1) is 0 Å². The van der Waals surface area contributed by atoms with E-state index in [2.05, 4.69) is 15.6 Å². The summed E-state index contributed by atoms with van der Waals surface area (Å²) in [7, 11) is 0. The molecular weight excluding hydrogens is 711 g/mol. The average molecular weight is 744 g/mol. The summed E-state index contributed by atoms with van der Waals surface area (Å²) in [5.74, 6) is 0.0435. The number of para-hydroxylation sites is 2. The molecule has 2 aromatic heterocycles. The standard InChI is InChI=1S/C42H33N9O5/c1-2-51-33-9-4-3-8-31(33)50-39(51)37-38(45)46-20-32(49-37)22-6-5-7-26(16-22)48-36(52)21-47-40(53)23-10-13-28-27(17-23)41(54)56-42(28)29-14-11-24(43)18-34(29)55-35-19-25(44)12-15-30(35)42/h3-20H,2,21,43-44H2,1H3,(H2,45,46)(H,47,53)(H,48,52). The number of aryl methyl sites for hydroxylation is 1. The minimum Gasteiger partial charge on any atom is -0.456 e. The number of fused-ring (bicyclic) bond motifs is 7. The van der Waals surface area contributed by atoms with Crippen LogP contribution < -0.4 is 32.6 Å². The number of amides is 2. The summed E-state index contributed by atoms with van der Waals surface area (Å²) in [6, 6.07) is 29.9. The molecule has 9 rings (SSSR count). The van der Waals surface area contributed by atoms with Gasteiger partial charge in [0.15, 0.2) is 17.2 Å². The number of hydrogen-bond acceptors (Lipinski definition) is 11. The van der Waals surface area contributed by atoms with Crippen molar-refractivity contribution < 1.29 is 23.9 Å². The van der Waals surface area contributed by atoms with Gasteiger partial charge in [0.05, 0.1) is 35.0 Å². The molecule has 5 aromatic carbocycles. The maximum Gasteiger partial charge on any atom is 0.340 e. The van der Waals surface area contributed by atoms with Gasteiger partial charge in [0.2, 0.25) is 5.91 Å². The Balaban J connectivity index is 0.923. The van der Waals surface area contributed by atoms with Crippen molar-refractivity contribution in [2.75, 3.05) is 29.1 Å². The van der Waals surface area contributed by atoms with Crippen LogP contribution in [0.1, 0.15) is 44.3 Å². The minimum atomic E-state index is -1.36. The lowest BCUT2D eigenvalue weighted by Gasteiger charge is -2.36. The van der Waals surface area contributed by atoms with Crippen molar-refractivity contribution in [3.8, 4) is 34.3 Å². The van der Waals surface area contributed by atoms with E-state index in [1.807, 2.05) is 41.8 Å². The number of esters is 1. The number of anilines is 4. The van der Waals surface area contributed by atoms with Gasteiger partial charge in [0.25, 0.3) is 5.91 Å². The maximum atomic E-state index is 13.5. The molecule has 2 aliphatic heterocycles. The van der Waals surface area contributed by atoms with E-state index in [9.17, 15) is 14.4 Å². The summed E-state index contributed by atoms with van der Waals surface area (Å²) in [4.78, 5) is 53.9. The number of nitrogens with zero attached hydrogens (tertiary/aromatic N) is 4. The fourth-order valence-electron chi connectivity index (χ4n) is 7.41. The number of hydrogen-bond donors (Lipinski definition) is 5. The van der Waals surface area contributed by atoms with Gasteiger partial charge in [0.1, 0.15) is 17.2 Å². The number of nitrogen functional groups attached to an aromatic ring is 3. The second kappa shape index (κ2) is 13.0. The van der Waals surface area contributed by atoms with E-state index in [-0.39, 0.29) is 23.5 Å². The number of carbonyl (C=O) groups is 3. The molecule has 0 bridgehead atoms. The molecule has 0 fully saturated rings. The quantitative estimate of drug-likeness (QED) is 0.0962. The molecule has 7 aromatic rings. The Morgan fingerprint density at radius 1 is 0.821 bits per heavy atom. The van der Waals surface area contributed by atoms with E-state index in [1.54, 1.807) is 72.9 Å². The Hall–Kier alpha value is -7.74. The van der Waals surface area contributed by atoms with Crippen LogP contribution in [0.15, 0.2) is 109 Å². The average Bonchev–Trinajstić information content (AvgIpc) is 3.71. The van der Waals surface area contributed by atoms with Gasteiger partial charge in [-0.3, -0.25) is 9.59 Å². The molecule has 8 N–H and O–H groups in total. The first-order valence-corrected chi connectivity index (χ1v) is 17.8. The van der Waals surface area contributed by atoms with Crippen LogP contribution in [-0.2, 0) is 21.7 Å². The fourth-order valence-corrected chi connectivity index (χ4v) is 7.41. The largest absolute Gasteiger partial charge is 0.456 e. The van der Waals surface area contributed by atoms with Gasteiger partial charge in [0, 0.05) is 63.6 Å². The Morgan fingerprint density at radius 3 is 2.30 bits per heavy atom. The molecule has 56 heavy (non-hydrogen) atoms. The van der Waals surface area contributed by atoms with Crippen LogP contribution in [0.5, 0.6) is 11.5 Å². The number of rotatable bonds is 7. The molecule has 2 aliphatic rings. The maximum absolute atomic E-state index is 13.5. The summed E-state index contributed by atoms with van der Waals surface area (Å²) in [6.45, 7) is 2.34. The van der Waals surface area contributed by atoms with Gasteiger partial charge in [-0.2, -0.15) is 0 Å². The minimum absolute atomic E-state index is 0.170. The van der Waals surface area contributed by atoms with E-state index in [1.165, 1.54) is 6.07 Å². The summed E-state index contributed by atoms with van der Waals surface area (Å²) < 4.78 is 14.4. The zero-order valence-corrected chi connectivity index (χ0v) is 29.9. The second-order valence-electron chi connectivity index (χ2n) is 13.4. The van der Waals surface area contributed by atoms with E-state index in [0.29, 0.717) is 74.6 Å². The van der Waals surface area contributed by atoms with Crippen molar-refractivity contribution >= 4 is 51.7 Å². The number of benzene rings is 5. The van der Waals surface area contributed by atoms with Crippen LogP contribution in [0.3, 0.4) is 0 Å². The lowest BCUT2D eigenvalue weighted by Crippen LogP contribution is -2.33. The number of carbonyl (C=O) groups excluding carboxylic acids is 3. The molecule has 0 radical (unpaired) electrons. The Bertz CT molecular complexity index is 2750. The van der Waals surface area contributed by atoms with Crippen LogP contribution in [0, 0.1) is 0 Å². The molecule has 14 nitrogen and oxygen atoms in total. The van der Waals surface area contributed by atoms with Gasteiger partial charge in [-0.1, -0.05) is 30.3 Å². The van der Waals surface area contributed by atoms with Crippen LogP contribution in [-0.4, -0.2) is 43.8 Å². The number of nitrogens with two attached hydrogens (primary N) is 3. The highest BCUT2D eigenvalue weighted by Gasteiger charge is 2.53. The van der Waals surface area contributed by atoms with Gasteiger partial charge in [-0.25, -0.2) is 19.7 Å². The van der Waals surface area contributed by atoms with Crippen LogP contribution in [0.4, 0.5) is 22.9 Å². The molecule has 0 saturated heterocycles. The number of nitrogens with one attached hydrogen (secondary N) is 2. The van der Waals surface area contributed by atoms with Gasteiger partial charge < -0.3 is 41.9 Å². The van der Waals surface area contributed by atoms with Gasteiger partial charge in [-0.05, 0) is 67.6 Å². The van der Waals surface area contributed by atoms with E-state index >= 15 is 0 Å². The van der Waals surface area contributed by atoms with Crippen LogP contribution >= 0.6 is 0 Å². The van der Waals surface area contributed by atoms with E-state index < -0.39 is 23.4 Å². The first kappa shape index (κ1) is 34.1. The molecule has 0 unspecified atom stereocenters. The predicted octanol–water partition coefficient (Wildman–Crippen LogP) is 5.86. The van der Waals surface area contributed by atoms with E-state index in [0.717, 1.165) is 11.0 Å². The zero-order valence-electron chi connectivity index (χ0n) is 29.9. The van der Waals surface area contributed by atoms with Crippen molar-refractivity contribution in [3.63, 3.8) is 0 Å². The Morgan fingerprint density at radius 2 is 1.55 bits per heavy atom. The van der Waals surface area contributed by atoms with Crippen LogP contribution in [0.2, 0.25) is 0 Å². The third-order valence-corrected chi connectivity index (χ3v) is 9.95. The third kappa shape index (κ3) is 5.50. The molecule has 0 saturated carbocycles. The summed E-state index contributed by atoms with van der Waals surface area (Å²) in [5, 5.41) is 5.46. The number of aromatic nitrogens is 4. The molecule has 1 spiro atoms. The molecule has 14 heteroatoms. The molecular formula is C42H33N9O5. The zero-order chi connectivity index (χ0) is 38.7. The normalized spacial score (nSPS) is 13.3. The fraction of sp³-hybridized carbons (Fsp3) is 0.0952. The first-order chi connectivity index (χ1) is 27.1.